The van der Waals surface area contributed by atoms with E-state index in [0.717, 1.165) is 71.4 Å². The first-order valence-corrected chi connectivity index (χ1v) is 11.8. The fourth-order valence-electron chi connectivity index (χ4n) is 5.40. The highest BCUT2D eigenvalue weighted by molar-refractivity contribution is 5.94. The molecule has 7 nitrogen and oxygen atoms in total. The number of rotatable bonds is 4. The number of imidazole rings is 1. The highest BCUT2D eigenvalue weighted by atomic mass is 16.5. The molecule has 1 aliphatic heterocycles. The van der Waals surface area contributed by atoms with Crippen LogP contribution >= 0.6 is 0 Å². The summed E-state index contributed by atoms with van der Waals surface area (Å²) in [4.78, 5) is 13.5. The van der Waals surface area contributed by atoms with E-state index in [4.69, 9.17) is 9.72 Å². The molecule has 2 aromatic carbocycles. The van der Waals surface area contributed by atoms with E-state index in [1.54, 1.807) is 7.11 Å². The summed E-state index contributed by atoms with van der Waals surface area (Å²) in [7, 11) is 1.68. The van der Waals surface area contributed by atoms with Gasteiger partial charge in [-0.3, -0.25) is 10.00 Å². The highest BCUT2D eigenvalue weighted by Gasteiger charge is 2.25. The lowest BCUT2D eigenvalue weighted by Gasteiger charge is -2.41. The Hall–Kier alpha value is -3.06. The molecule has 0 atom stereocenters. The standard InChI is InChI=1S/C25H30N6O/c1-32-19-8-10-21-20(16-19)24(29-28-21)25-26-22-9-7-18(15-23(22)27-25)31-13-11-30(12-14-31)17-5-3-2-4-6-17/h7-10,15-17H,2-6,11-14H2,1H3,(H,26,27)(H,28,29). The third-order valence-electron chi connectivity index (χ3n) is 7.23. The fourth-order valence-corrected chi connectivity index (χ4v) is 5.40. The third-order valence-corrected chi connectivity index (χ3v) is 7.23. The van der Waals surface area contributed by atoms with E-state index in [0.29, 0.717) is 0 Å². The number of nitrogens with one attached hydrogen (secondary N) is 2. The van der Waals surface area contributed by atoms with Crippen molar-refractivity contribution in [3.63, 3.8) is 0 Å². The van der Waals surface area contributed by atoms with Crippen molar-refractivity contribution in [3.05, 3.63) is 36.4 Å². The lowest BCUT2D eigenvalue weighted by atomic mass is 9.94. The van der Waals surface area contributed by atoms with Gasteiger partial charge in [-0.2, -0.15) is 5.10 Å². The van der Waals surface area contributed by atoms with Crippen molar-refractivity contribution in [2.45, 2.75) is 38.1 Å². The number of nitrogens with zero attached hydrogens (tertiary/aromatic N) is 4. The molecule has 2 N–H and O–H groups in total. The van der Waals surface area contributed by atoms with E-state index in [-0.39, 0.29) is 0 Å². The number of H-pyrrole nitrogens is 2. The Balaban J connectivity index is 1.23. The van der Waals surface area contributed by atoms with Crippen LogP contribution < -0.4 is 9.64 Å². The van der Waals surface area contributed by atoms with Gasteiger partial charge < -0.3 is 14.6 Å². The number of aromatic amines is 2. The van der Waals surface area contributed by atoms with E-state index in [2.05, 4.69) is 43.2 Å². The first kappa shape index (κ1) is 19.6. The lowest BCUT2D eigenvalue weighted by molar-refractivity contribution is 0.148. The molecule has 1 saturated carbocycles. The number of aromatic nitrogens is 4. The van der Waals surface area contributed by atoms with Gasteiger partial charge in [-0.25, -0.2) is 4.98 Å². The van der Waals surface area contributed by atoms with Crippen molar-refractivity contribution >= 4 is 27.6 Å². The molecule has 4 aromatic rings. The summed E-state index contributed by atoms with van der Waals surface area (Å²) < 4.78 is 5.39. The molecule has 0 unspecified atom stereocenters. The van der Waals surface area contributed by atoms with Crippen LogP contribution in [-0.2, 0) is 0 Å². The van der Waals surface area contributed by atoms with Gasteiger partial charge in [0.15, 0.2) is 5.82 Å². The number of piperazine rings is 1. The Morgan fingerprint density at radius 2 is 1.78 bits per heavy atom. The van der Waals surface area contributed by atoms with Crippen LogP contribution in [0.5, 0.6) is 5.75 Å². The van der Waals surface area contributed by atoms with Crippen molar-refractivity contribution in [1.29, 1.82) is 0 Å². The smallest absolute Gasteiger partial charge is 0.159 e. The molecule has 6 rings (SSSR count). The second kappa shape index (κ2) is 8.13. The van der Waals surface area contributed by atoms with Gasteiger partial charge in [0.25, 0.3) is 0 Å². The Kier molecular flexibility index (Phi) is 4.98. The van der Waals surface area contributed by atoms with Crippen LogP contribution in [0, 0.1) is 0 Å². The Labute approximate surface area is 187 Å². The number of ether oxygens (including phenoxy) is 1. The third kappa shape index (κ3) is 3.50. The molecular formula is C25H30N6O. The second-order valence-corrected chi connectivity index (χ2v) is 9.09. The average Bonchev–Trinajstić information content (AvgIpc) is 3.47. The zero-order valence-corrected chi connectivity index (χ0v) is 18.6. The average molecular weight is 431 g/mol. The molecule has 0 bridgehead atoms. The zero-order valence-electron chi connectivity index (χ0n) is 18.6. The summed E-state index contributed by atoms with van der Waals surface area (Å²) in [6.45, 7) is 4.51. The van der Waals surface area contributed by atoms with Crippen molar-refractivity contribution < 1.29 is 4.74 Å². The molecule has 1 saturated heterocycles. The molecule has 7 heteroatoms. The van der Waals surface area contributed by atoms with E-state index in [1.807, 2.05) is 18.2 Å². The van der Waals surface area contributed by atoms with Crippen LogP contribution in [0.1, 0.15) is 32.1 Å². The SMILES string of the molecule is COc1ccc2[nH]nc(-c3nc4ccc(N5CCN(C6CCCCC6)CC5)cc4[nH]3)c2c1. The quantitative estimate of drug-likeness (QED) is 0.496. The monoisotopic (exact) mass is 430 g/mol. The van der Waals surface area contributed by atoms with Crippen molar-refractivity contribution in [1.82, 2.24) is 25.1 Å². The number of benzene rings is 2. The molecule has 3 heterocycles. The normalized spacial score (nSPS) is 18.6. The highest BCUT2D eigenvalue weighted by Crippen LogP contribution is 2.31. The predicted octanol–water partition coefficient (Wildman–Crippen LogP) is 4.57. The van der Waals surface area contributed by atoms with Crippen molar-refractivity contribution in [2.75, 3.05) is 38.2 Å². The molecular weight excluding hydrogens is 400 g/mol. The molecule has 0 amide bonds. The van der Waals surface area contributed by atoms with Gasteiger partial charge in [-0.15, -0.1) is 0 Å². The van der Waals surface area contributed by atoms with E-state index in [9.17, 15) is 0 Å². The van der Waals surface area contributed by atoms with Crippen LogP contribution in [-0.4, -0.2) is 64.4 Å². The van der Waals surface area contributed by atoms with Crippen molar-refractivity contribution in [2.24, 2.45) is 0 Å². The minimum absolute atomic E-state index is 0.777. The number of fused-ring (bicyclic) bond motifs is 2. The van der Waals surface area contributed by atoms with Gasteiger partial charge in [0.2, 0.25) is 0 Å². The summed E-state index contributed by atoms with van der Waals surface area (Å²) in [6, 6.07) is 13.3. The van der Waals surface area contributed by atoms with Gasteiger partial charge >= 0.3 is 0 Å². The van der Waals surface area contributed by atoms with E-state index >= 15 is 0 Å². The van der Waals surface area contributed by atoms with Crippen LogP contribution in [0.3, 0.4) is 0 Å². The number of hydrogen-bond donors (Lipinski definition) is 2. The topological polar surface area (TPSA) is 73.1 Å². The summed E-state index contributed by atoms with van der Waals surface area (Å²) >= 11 is 0. The minimum atomic E-state index is 0.777. The number of hydrogen-bond acceptors (Lipinski definition) is 5. The molecule has 166 valence electrons. The van der Waals surface area contributed by atoms with Crippen LogP contribution in [0.4, 0.5) is 5.69 Å². The van der Waals surface area contributed by atoms with E-state index in [1.165, 1.54) is 37.8 Å². The first-order chi connectivity index (χ1) is 15.8. The molecule has 2 aromatic heterocycles. The van der Waals surface area contributed by atoms with Crippen molar-refractivity contribution in [3.8, 4) is 17.3 Å². The van der Waals surface area contributed by atoms with Gasteiger partial charge in [-0.05, 0) is 49.2 Å². The van der Waals surface area contributed by atoms with Crippen LogP contribution in [0.2, 0.25) is 0 Å². The largest absolute Gasteiger partial charge is 0.497 e. The molecule has 1 aliphatic carbocycles. The maximum Gasteiger partial charge on any atom is 0.159 e. The van der Waals surface area contributed by atoms with Gasteiger partial charge in [0.1, 0.15) is 11.4 Å². The van der Waals surface area contributed by atoms with Gasteiger partial charge in [-0.1, -0.05) is 19.3 Å². The number of methoxy groups -OCH3 is 1. The molecule has 0 spiro atoms. The Morgan fingerprint density at radius 1 is 0.938 bits per heavy atom. The lowest BCUT2D eigenvalue weighted by Crippen LogP contribution is -2.50. The molecule has 2 aliphatic rings. The van der Waals surface area contributed by atoms with E-state index < -0.39 is 0 Å². The summed E-state index contributed by atoms with van der Waals surface area (Å²) in [5.74, 6) is 1.59. The zero-order chi connectivity index (χ0) is 21.5. The fraction of sp³-hybridized carbons (Fsp3) is 0.440. The van der Waals surface area contributed by atoms with Gasteiger partial charge in [0.05, 0.1) is 23.7 Å². The molecule has 0 radical (unpaired) electrons. The Morgan fingerprint density at radius 3 is 2.59 bits per heavy atom. The predicted molar refractivity (Wildman–Crippen MR) is 128 cm³/mol. The Bertz CT molecular complexity index is 1230. The molecule has 32 heavy (non-hydrogen) atoms. The minimum Gasteiger partial charge on any atom is -0.497 e. The maximum absolute atomic E-state index is 5.39. The summed E-state index contributed by atoms with van der Waals surface area (Å²) in [5, 5.41) is 8.61. The first-order valence-electron chi connectivity index (χ1n) is 11.8. The summed E-state index contributed by atoms with van der Waals surface area (Å²) in [5.41, 5.74) is 5.06. The van der Waals surface area contributed by atoms with Gasteiger partial charge in [0, 0.05) is 43.3 Å². The summed E-state index contributed by atoms with van der Waals surface area (Å²) in [6.07, 6.45) is 7.00. The van der Waals surface area contributed by atoms with Crippen LogP contribution in [0.25, 0.3) is 33.5 Å². The van der Waals surface area contributed by atoms with Crippen LogP contribution in [0.15, 0.2) is 36.4 Å². The second-order valence-electron chi connectivity index (χ2n) is 9.09. The molecule has 2 fully saturated rings. The maximum atomic E-state index is 5.39. The number of anilines is 1.